The summed E-state index contributed by atoms with van der Waals surface area (Å²) in [6.07, 6.45) is -0.194. The number of fused-ring (bicyclic) bond motifs is 1. The van der Waals surface area contributed by atoms with Gasteiger partial charge in [0, 0.05) is 38.8 Å². The Bertz CT molecular complexity index is 682. The van der Waals surface area contributed by atoms with E-state index in [2.05, 4.69) is 36.0 Å². The first-order valence-electron chi connectivity index (χ1n) is 11.2. The predicted octanol–water partition coefficient (Wildman–Crippen LogP) is 2.39. The third-order valence-corrected chi connectivity index (χ3v) is 6.59. The number of carbonyl (C=O) groups excluding carboxylic acids is 2. The zero-order valence-corrected chi connectivity index (χ0v) is 19.1. The quantitative estimate of drug-likeness (QED) is 0.669. The number of nitrogens with zero attached hydrogens (tertiary/aromatic N) is 3. The Morgan fingerprint density at radius 3 is 2.12 bits per heavy atom. The van der Waals surface area contributed by atoms with Gasteiger partial charge in [-0.05, 0) is 51.6 Å². The molecule has 11 heteroatoms. The van der Waals surface area contributed by atoms with Crippen LogP contribution in [0.4, 0.5) is 18.0 Å². The molecule has 0 unspecified atom stereocenters. The molecule has 0 aromatic carbocycles. The Hall–Kier alpha value is -2.04. The number of aliphatic carboxylic acids is 1. The maximum Gasteiger partial charge on any atom is 0.490 e. The van der Waals surface area contributed by atoms with Crippen LogP contribution in [-0.2, 0) is 9.59 Å². The molecule has 0 aromatic heterocycles. The number of urea groups is 1. The van der Waals surface area contributed by atoms with Crippen LogP contribution in [-0.4, -0.2) is 96.2 Å². The van der Waals surface area contributed by atoms with E-state index in [-0.39, 0.29) is 17.5 Å². The molecule has 32 heavy (non-hydrogen) atoms. The smallest absolute Gasteiger partial charge is 0.475 e. The van der Waals surface area contributed by atoms with Gasteiger partial charge in [0.25, 0.3) is 0 Å². The Balaban J connectivity index is 0.000000451. The van der Waals surface area contributed by atoms with Crippen molar-refractivity contribution in [2.75, 3.05) is 46.3 Å². The largest absolute Gasteiger partial charge is 0.490 e. The number of likely N-dealkylation sites (tertiary alicyclic amines) is 3. The third kappa shape index (κ3) is 6.26. The molecule has 3 aliphatic heterocycles. The van der Waals surface area contributed by atoms with E-state index in [1.54, 1.807) is 0 Å². The van der Waals surface area contributed by atoms with E-state index >= 15 is 0 Å². The van der Waals surface area contributed by atoms with Crippen LogP contribution in [0.15, 0.2) is 0 Å². The Labute approximate surface area is 187 Å². The Morgan fingerprint density at radius 2 is 1.59 bits per heavy atom. The first-order valence-corrected chi connectivity index (χ1v) is 11.2. The van der Waals surface area contributed by atoms with Gasteiger partial charge in [0.2, 0.25) is 5.91 Å². The van der Waals surface area contributed by atoms with Crippen molar-refractivity contribution in [2.45, 2.75) is 58.2 Å². The molecule has 0 aliphatic carbocycles. The second kappa shape index (κ2) is 10.7. The molecule has 0 spiro atoms. The Morgan fingerprint density at radius 1 is 1.03 bits per heavy atom. The van der Waals surface area contributed by atoms with Gasteiger partial charge in [-0.3, -0.25) is 4.79 Å². The van der Waals surface area contributed by atoms with Crippen LogP contribution in [0.5, 0.6) is 0 Å². The van der Waals surface area contributed by atoms with Crippen molar-refractivity contribution in [2.24, 2.45) is 11.3 Å². The summed E-state index contributed by atoms with van der Waals surface area (Å²) in [6.45, 7) is 9.16. The number of amides is 3. The minimum Gasteiger partial charge on any atom is -0.475 e. The summed E-state index contributed by atoms with van der Waals surface area (Å²) >= 11 is 0. The molecule has 3 fully saturated rings. The average Bonchev–Trinajstić information content (AvgIpc) is 3.30. The number of carbonyl (C=O) groups is 3. The molecule has 0 aromatic rings. The lowest BCUT2D eigenvalue weighted by Gasteiger charge is -2.37. The summed E-state index contributed by atoms with van der Waals surface area (Å²) in [6, 6.07) is 0.295. The lowest BCUT2D eigenvalue weighted by Crippen LogP contribution is -2.49. The zero-order valence-electron chi connectivity index (χ0n) is 19.1. The van der Waals surface area contributed by atoms with Crippen LogP contribution in [0.2, 0.25) is 0 Å². The summed E-state index contributed by atoms with van der Waals surface area (Å²) in [5, 5.41) is 10.2. The van der Waals surface area contributed by atoms with Crippen LogP contribution >= 0.6 is 0 Å². The number of carboxylic acid groups (broad SMARTS) is 1. The minimum atomic E-state index is -5.08. The SMILES string of the molecule is CC(C)CNC(=O)N1CC[C@H]2N(C)CC[C@@]2(C(=O)N2CCCC2)CC1.O=C(O)C(F)(F)F. The molecule has 2 N–H and O–H groups in total. The van der Waals surface area contributed by atoms with E-state index in [9.17, 15) is 22.8 Å². The Kier molecular flexibility index (Phi) is 8.78. The topological polar surface area (TPSA) is 93.2 Å². The lowest BCUT2D eigenvalue weighted by atomic mass is 9.75. The predicted molar refractivity (Wildman–Crippen MR) is 112 cm³/mol. The van der Waals surface area contributed by atoms with E-state index in [0.29, 0.717) is 24.9 Å². The van der Waals surface area contributed by atoms with Crippen LogP contribution in [0.3, 0.4) is 0 Å². The van der Waals surface area contributed by atoms with Crippen molar-refractivity contribution in [3.05, 3.63) is 0 Å². The van der Waals surface area contributed by atoms with Crippen molar-refractivity contribution >= 4 is 17.9 Å². The highest BCUT2D eigenvalue weighted by Gasteiger charge is 2.54. The van der Waals surface area contributed by atoms with Crippen molar-refractivity contribution in [1.29, 1.82) is 0 Å². The van der Waals surface area contributed by atoms with Gasteiger partial charge in [0.05, 0.1) is 5.41 Å². The maximum absolute atomic E-state index is 13.4. The normalized spacial score (nSPS) is 26.3. The van der Waals surface area contributed by atoms with Gasteiger partial charge in [-0.2, -0.15) is 13.2 Å². The monoisotopic (exact) mass is 464 g/mol. The number of rotatable bonds is 3. The molecule has 0 saturated carbocycles. The van der Waals surface area contributed by atoms with E-state index in [4.69, 9.17) is 9.90 Å². The summed E-state index contributed by atoms with van der Waals surface area (Å²) in [5.41, 5.74) is -0.286. The van der Waals surface area contributed by atoms with Crippen LogP contribution in [0, 0.1) is 11.3 Å². The number of carboxylic acids is 1. The summed E-state index contributed by atoms with van der Waals surface area (Å²) in [4.78, 5) is 41.1. The van der Waals surface area contributed by atoms with E-state index in [1.807, 2.05) is 4.90 Å². The first-order chi connectivity index (χ1) is 14.9. The van der Waals surface area contributed by atoms with Crippen LogP contribution in [0.25, 0.3) is 0 Å². The van der Waals surface area contributed by atoms with Gasteiger partial charge in [-0.15, -0.1) is 0 Å². The van der Waals surface area contributed by atoms with Gasteiger partial charge >= 0.3 is 18.2 Å². The molecule has 0 bridgehead atoms. The molecule has 184 valence electrons. The van der Waals surface area contributed by atoms with Crippen molar-refractivity contribution in [3.63, 3.8) is 0 Å². The standard InChI is InChI=1S/C19H34N4O2.C2HF3O2/c1-15(2)14-20-18(25)23-11-6-16-19(8-13-23,7-12-21(16)3)17(24)22-9-4-5-10-22;3-2(4,5)1(6)7/h15-16H,4-14H2,1-3H3,(H,20,25);(H,6,7)/t16-,19-;/m1./s1. The highest BCUT2D eigenvalue weighted by molar-refractivity contribution is 5.84. The van der Waals surface area contributed by atoms with Crippen molar-refractivity contribution in [3.8, 4) is 0 Å². The van der Waals surface area contributed by atoms with Crippen LogP contribution < -0.4 is 5.32 Å². The van der Waals surface area contributed by atoms with Gasteiger partial charge in [0.1, 0.15) is 0 Å². The molecule has 8 nitrogen and oxygen atoms in total. The first kappa shape index (κ1) is 26.2. The second-order valence-corrected chi connectivity index (χ2v) is 9.31. The lowest BCUT2D eigenvalue weighted by molar-refractivity contribution is -0.192. The average molecular weight is 465 g/mol. The van der Waals surface area contributed by atoms with E-state index in [0.717, 1.165) is 58.3 Å². The number of alkyl halides is 3. The number of hydrogen-bond donors (Lipinski definition) is 2. The molecule has 3 aliphatic rings. The molecular weight excluding hydrogens is 429 g/mol. The van der Waals surface area contributed by atoms with Crippen LogP contribution in [0.1, 0.15) is 46.0 Å². The highest BCUT2D eigenvalue weighted by atomic mass is 19.4. The van der Waals surface area contributed by atoms with E-state index < -0.39 is 12.1 Å². The molecule has 3 heterocycles. The number of hydrogen-bond acceptors (Lipinski definition) is 4. The summed E-state index contributed by atoms with van der Waals surface area (Å²) in [5.74, 6) is -1.96. The van der Waals surface area contributed by atoms with Gasteiger partial charge in [-0.25, -0.2) is 9.59 Å². The number of nitrogens with one attached hydrogen (secondary N) is 1. The summed E-state index contributed by atoms with van der Waals surface area (Å²) < 4.78 is 31.7. The fourth-order valence-corrected chi connectivity index (χ4v) is 4.83. The van der Waals surface area contributed by atoms with Gasteiger partial charge < -0.3 is 25.1 Å². The highest BCUT2D eigenvalue weighted by Crippen LogP contribution is 2.45. The van der Waals surface area contributed by atoms with E-state index in [1.165, 1.54) is 0 Å². The molecule has 3 amide bonds. The molecular formula is C21H35F3N4O4. The molecule has 3 rings (SSSR count). The fourth-order valence-electron chi connectivity index (χ4n) is 4.83. The molecule has 2 atom stereocenters. The maximum atomic E-state index is 13.4. The molecule has 3 saturated heterocycles. The van der Waals surface area contributed by atoms with Gasteiger partial charge in [-0.1, -0.05) is 13.8 Å². The second-order valence-electron chi connectivity index (χ2n) is 9.31. The zero-order chi connectivity index (χ0) is 24.1. The summed E-state index contributed by atoms with van der Waals surface area (Å²) in [7, 11) is 2.14. The molecule has 0 radical (unpaired) electrons. The van der Waals surface area contributed by atoms with Gasteiger partial charge in [0.15, 0.2) is 0 Å². The minimum absolute atomic E-state index is 0.0279. The van der Waals surface area contributed by atoms with Crippen molar-refractivity contribution in [1.82, 2.24) is 20.0 Å². The third-order valence-electron chi connectivity index (χ3n) is 6.59. The fraction of sp³-hybridized carbons (Fsp3) is 0.857. The van der Waals surface area contributed by atoms with Crippen molar-refractivity contribution < 1.29 is 32.7 Å². The number of halogens is 3.